The zero-order valence-corrected chi connectivity index (χ0v) is 17.6. The Hall–Kier alpha value is -3.32. The number of carbonyl (C=O) groups excluding carboxylic acids is 1. The highest BCUT2D eigenvalue weighted by Crippen LogP contribution is 2.41. The van der Waals surface area contributed by atoms with E-state index in [1.54, 1.807) is 12.1 Å². The molecule has 3 rings (SSSR count). The van der Waals surface area contributed by atoms with Gasteiger partial charge >= 0.3 is 0 Å². The quantitative estimate of drug-likeness (QED) is 0.594. The van der Waals surface area contributed by atoms with Crippen LogP contribution in [0.2, 0.25) is 0 Å². The van der Waals surface area contributed by atoms with E-state index in [2.05, 4.69) is 4.72 Å². The van der Waals surface area contributed by atoms with Crippen LogP contribution in [0, 0.1) is 0 Å². The van der Waals surface area contributed by atoms with E-state index in [9.17, 15) is 13.2 Å². The fraction of sp³-hybridized carbons (Fsp3) is 0.174. The van der Waals surface area contributed by atoms with Crippen molar-refractivity contribution in [1.29, 1.82) is 0 Å². The fourth-order valence-electron chi connectivity index (χ4n) is 3.16. The van der Waals surface area contributed by atoms with Gasteiger partial charge in [0.2, 0.25) is 5.91 Å². The minimum Gasteiger partial charge on any atom is -0.495 e. The van der Waals surface area contributed by atoms with Gasteiger partial charge in [0.1, 0.15) is 5.75 Å². The van der Waals surface area contributed by atoms with E-state index in [1.807, 2.05) is 60.7 Å². The predicted octanol–water partition coefficient (Wildman–Crippen LogP) is 3.81. The lowest BCUT2D eigenvalue weighted by Crippen LogP contribution is -2.31. The van der Waals surface area contributed by atoms with Crippen molar-refractivity contribution in [3.05, 3.63) is 78.4 Å². The van der Waals surface area contributed by atoms with Crippen molar-refractivity contribution in [1.82, 2.24) is 4.72 Å². The molecule has 0 aliphatic heterocycles. The van der Waals surface area contributed by atoms with Crippen molar-refractivity contribution in [2.75, 3.05) is 14.2 Å². The summed E-state index contributed by atoms with van der Waals surface area (Å²) in [6.45, 7) is 0. The van der Waals surface area contributed by atoms with Crippen LogP contribution < -0.4 is 14.2 Å². The zero-order valence-electron chi connectivity index (χ0n) is 16.8. The van der Waals surface area contributed by atoms with E-state index in [4.69, 9.17) is 9.47 Å². The first kappa shape index (κ1) is 21.4. The normalized spacial score (nSPS) is 11.0. The zero-order chi connectivity index (χ0) is 21.6. The number of carbonyl (C=O) groups is 1. The van der Waals surface area contributed by atoms with Crippen molar-refractivity contribution in [3.8, 4) is 22.6 Å². The number of rotatable bonds is 8. The molecule has 0 atom stereocenters. The summed E-state index contributed by atoms with van der Waals surface area (Å²) < 4.78 is 39.1. The molecule has 0 unspecified atom stereocenters. The van der Waals surface area contributed by atoms with E-state index in [0.29, 0.717) is 12.0 Å². The van der Waals surface area contributed by atoms with E-state index in [1.165, 1.54) is 14.2 Å². The highest BCUT2D eigenvalue weighted by atomic mass is 32.2. The van der Waals surface area contributed by atoms with Crippen LogP contribution in [0.4, 0.5) is 0 Å². The molecule has 6 nitrogen and oxygen atoms in total. The molecule has 0 saturated carbocycles. The highest BCUT2D eigenvalue weighted by Gasteiger charge is 2.29. The molecule has 0 aliphatic carbocycles. The van der Waals surface area contributed by atoms with E-state index in [-0.39, 0.29) is 22.8 Å². The van der Waals surface area contributed by atoms with Crippen molar-refractivity contribution < 1.29 is 22.7 Å². The molecule has 0 aliphatic rings. The van der Waals surface area contributed by atoms with Gasteiger partial charge in [-0.3, -0.25) is 4.79 Å². The Kier molecular flexibility index (Phi) is 6.74. The fourth-order valence-corrected chi connectivity index (χ4v) is 4.52. The molecule has 0 saturated heterocycles. The summed E-state index contributed by atoms with van der Waals surface area (Å²) in [4.78, 5) is 12.2. The van der Waals surface area contributed by atoms with Crippen molar-refractivity contribution in [2.24, 2.45) is 0 Å². The molecule has 1 amide bonds. The minimum atomic E-state index is -4.23. The third kappa shape index (κ3) is 4.80. The Bertz CT molecular complexity index is 1110. The summed E-state index contributed by atoms with van der Waals surface area (Å²) in [5, 5.41) is 0. The molecule has 0 spiro atoms. The van der Waals surface area contributed by atoms with Gasteiger partial charge in [-0.15, -0.1) is 0 Å². The Labute approximate surface area is 176 Å². The number of hydrogen-bond acceptors (Lipinski definition) is 5. The molecule has 0 heterocycles. The number of methoxy groups -OCH3 is 2. The number of aryl methyl sites for hydroxylation is 1. The van der Waals surface area contributed by atoms with Crippen LogP contribution in [-0.4, -0.2) is 28.5 Å². The Morgan fingerprint density at radius 3 is 2.10 bits per heavy atom. The first-order valence-corrected chi connectivity index (χ1v) is 10.8. The van der Waals surface area contributed by atoms with Gasteiger partial charge in [-0.05, 0) is 29.7 Å². The van der Waals surface area contributed by atoms with Gasteiger partial charge in [-0.1, -0.05) is 60.7 Å². The topological polar surface area (TPSA) is 81.7 Å². The van der Waals surface area contributed by atoms with Crippen LogP contribution in [0.25, 0.3) is 11.1 Å². The average molecular weight is 426 g/mol. The lowest BCUT2D eigenvalue weighted by atomic mass is 10.0. The summed E-state index contributed by atoms with van der Waals surface area (Å²) in [5.41, 5.74) is 2.31. The van der Waals surface area contributed by atoms with Crippen LogP contribution in [-0.2, 0) is 21.2 Å². The monoisotopic (exact) mass is 425 g/mol. The summed E-state index contributed by atoms with van der Waals surface area (Å²) in [5.74, 6) is -0.396. The molecule has 1 N–H and O–H groups in total. The molecular weight excluding hydrogens is 402 g/mol. The second kappa shape index (κ2) is 9.45. The van der Waals surface area contributed by atoms with Crippen LogP contribution in [0.15, 0.2) is 77.7 Å². The molecule has 0 aromatic heterocycles. The van der Waals surface area contributed by atoms with Gasteiger partial charge in [0.25, 0.3) is 10.0 Å². The lowest BCUT2D eigenvalue weighted by molar-refractivity contribution is -0.119. The number of ether oxygens (including phenoxy) is 2. The number of hydrogen-bond donors (Lipinski definition) is 1. The lowest BCUT2D eigenvalue weighted by Gasteiger charge is -2.17. The van der Waals surface area contributed by atoms with E-state index < -0.39 is 15.9 Å². The maximum absolute atomic E-state index is 13.1. The Balaban J connectivity index is 1.93. The van der Waals surface area contributed by atoms with E-state index in [0.717, 1.165) is 11.1 Å². The molecule has 0 fully saturated rings. The van der Waals surface area contributed by atoms with Gasteiger partial charge in [0.15, 0.2) is 10.6 Å². The third-order valence-corrected chi connectivity index (χ3v) is 6.01. The van der Waals surface area contributed by atoms with Gasteiger partial charge in [-0.2, -0.15) is 0 Å². The van der Waals surface area contributed by atoms with E-state index >= 15 is 0 Å². The maximum Gasteiger partial charge on any atom is 0.271 e. The molecule has 0 radical (unpaired) electrons. The Morgan fingerprint density at radius 2 is 1.50 bits per heavy atom. The van der Waals surface area contributed by atoms with Gasteiger partial charge < -0.3 is 9.47 Å². The van der Waals surface area contributed by atoms with Gasteiger partial charge in [0, 0.05) is 12.0 Å². The van der Waals surface area contributed by atoms with Gasteiger partial charge in [-0.25, -0.2) is 13.1 Å². The second-order valence-corrected chi connectivity index (χ2v) is 8.18. The van der Waals surface area contributed by atoms with Crippen LogP contribution in [0.5, 0.6) is 11.5 Å². The van der Waals surface area contributed by atoms with Crippen molar-refractivity contribution in [3.63, 3.8) is 0 Å². The largest absolute Gasteiger partial charge is 0.495 e. The number of amides is 1. The smallest absolute Gasteiger partial charge is 0.271 e. The standard InChI is InChI=1S/C23H23NO5S/c1-28-20-15-14-19(18-11-7-4-8-12-18)22(29-2)23(20)30(26,27)24-21(25)16-13-17-9-5-3-6-10-17/h3-12,14-15H,13,16H2,1-2H3,(H,24,25). The molecule has 3 aromatic carbocycles. The average Bonchev–Trinajstić information content (AvgIpc) is 2.77. The number of sulfonamides is 1. The number of benzene rings is 3. The summed E-state index contributed by atoms with van der Waals surface area (Å²) >= 11 is 0. The molecule has 0 bridgehead atoms. The third-order valence-electron chi connectivity index (χ3n) is 4.59. The minimum absolute atomic E-state index is 0.0340. The summed E-state index contributed by atoms with van der Waals surface area (Å²) in [6, 6.07) is 21.9. The van der Waals surface area contributed by atoms with Crippen molar-refractivity contribution in [2.45, 2.75) is 17.7 Å². The molecular formula is C23H23NO5S. The second-order valence-electron chi connectivity index (χ2n) is 6.56. The summed E-state index contributed by atoms with van der Waals surface area (Å²) in [7, 11) is -1.47. The van der Waals surface area contributed by atoms with Crippen LogP contribution in [0.1, 0.15) is 12.0 Å². The number of nitrogens with one attached hydrogen (secondary N) is 1. The maximum atomic E-state index is 13.1. The molecule has 30 heavy (non-hydrogen) atoms. The molecule has 3 aromatic rings. The van der Waals surface area contributed by atoms with Crippen LogP contribution in [0.3, 0.4) is 0 Å². The van der Waals surface area contributed by atoms with Crippen molar-refractivity contribution >= 4 is 15.9 Å². The molecule has 7 heteroatoms. The Morgan fingerprint density at radius 1 is 0.867 bits per heavy atom. The first-order valence-electron chi connectivity index (χ1n) is 9.36. The van der Waals surface area contributed by atoms with Crippen LogP contribution >= 0.6 is 0 Å². The SMILES string of the molecule is COc1ccc(-c2ccccc2)c(OC)c1S(=O)(=O)NC(=O)CCc1ccccc1. The molecule has 156 valence electrons. The van der Waals surface area contributed by atoms with Gasteiger partial charge in [0.05, 0.1) is 14.2 Å². The summed E-state index contributed by atoms with van der Waals surface area (Å²) in [6.07, 6.45) is 0.465. The highest BCUT2D eigenvalue weighted by molar-refractivity contribution is 7.90. The first-order chi connectivity index (χ1) is 14.5. The predicted molar refractivity (Wildman–Crippen MR) is 115 cm³/mol.